The second kappa shape index (κ2) is 10.2. The molecule has 2 aromatic carbocycles. The van der Waals surface area contributed by atoms with Crippen LogP contribution in [-0.2, 0) is 11.3 Å². The van der Waals surface area contributed by atoms with E-state index in [2.05, 4.69) is 21.9 Å². The van der Waals surface area contributed by atoms with E-state index in [9.17, 15) is 4.79 Å². The Morgan fingerprint density at radius 3 is 2.17 bits per heavy atom. The van der Waals surface area contributed by atoms with Gasteiger partial charge in [0.25, 0.3) is 0 Å². The summed E-state index contributed by atoms with van der Waals surface area (Å²) in [5.74, 6) is 2.33. The van der Waals surface area contributed by atoms with Crippen LogP contribution >= 0.6 is 0 Å². The summed E-state index contributed by atoms with van der Waals surface area (Å²) in [4.78, 5) is 19.0. The molecule has 0 bridgehead atoms. The van der Waals surface area contributed by atoms with Gasteiger partial charge in [-0.15, -0.1) is 0 Å². The Bertz CT molecular complexity index is 833. The lowest BCUT2D eigenvalue weighted by Crippen LogP contribution is -2.49. The van der Waals surface area contributed by atoms with Gasteiger partial charge < -0.3 is 24.0 Å². The molecule has 0 N–H and O–H groups in total. The van der Waals surface area contributed by atoms with Gasteiger partial charge in [0.15, 0.2) is 11.5 Å². The Kier molecular flexibility index (Phi) is 7.41. The molecule has 0 radical (unpaired) electrons. The van der Waals surface area contributed by atoms with Crippen LogP contribution in [0.25, 0.3) is 0 Å². The Hall–Kier alpha value is -2.93. The summed E-state index contributed by atoms with van der Waals surface area (Å²) in [5, 5.41) is 0. The van der Waals surface area contributed by atoms with Crippen LogP contribution in [0, 0.1) is 0 Å². The van der Waals surface area contributed by atoms with Gasteiger partial charge in [-0.05, 0) is 42.0 Å². The molecular formula is C23H31N3O4. The largest absolute Gasteiger partial charge is 0.497 e. The van der Waals surface area contributed by atoms with Crippen LogP contribution in [0.3, 0.4) is 0 Å². The van der Waals surface area contributed by atoms with Crippen LogP contribution in [-0.4, -0.2) is 76.8 Å². The Labute approximate surface area is 178 Å². The van der Waals surface area contributed by atoms with Crippen molar-refractivity contribution in [3.63, 3.8) is 0 Å². The lowest BCUT2D eigenvalue weighted by Gasteiger charge is -2.36. The van der Waals surface area contributed by atoms with E-state index in [1.54, 1.807) is 26.2 Å². The monoisotopic (exact) mass is 413 g/mol. The van der Waals surface area contributed by atoms with Gasteiger partial charge in [0, 0.05) is 45.5 Å². The van der Waals surface area contributed by atoms with Gasteiger partial charge in [-0.2, -0.15) is 0 Å². The van der Waals surface area contributed by atoms with Crippen molar-refractivity contribution in [2.75, 3.05) is 66.0 Å². The van der Waals surface area contributed by atoms with Crippen molar-refractivity contribution in [3.05, 3.63) is 48.0 Å². The fraction of sp³-hybridized carbons (Fsp3) is 0.435. The van der Waals surface area contributed by atoms with E-state index < -0.39 is 0 Å². The molecule has 0 saturated carbocycles. The normalized spacial score (nSPS) is 14.3. The number of rotatable bonds is 8. The first-order valence-electron chi connectivity index (χ1n) is 10.1. The van der Waals surface area contributed by atoms with Gasteiger partial charge in [-0.25, -0.2) is 0 Å². The number of carbonyl (C=O) groups is 1. The topological polar surface area (TPSA) is 54.5 Å². The fourth-order valence-electron chi connectivity index (χ4n) is 3.61. The van der Waals surface area contributed by atoms with Crippen molar-refractivity contribution in [2.24, 2.45) is 0 Å². The molecule has 1 amide bonds. The summed E-state index contributed by atoms with van der Waals surface area (Å²) in [6.07, 6.45) is 0. The molecule has 1 aliphatic heterocycles. The minimum Gasteiger partial charge on any atom is -0.497 e. The van der Waals surface area contributed by atoms with Crippen LogP contribution in [0.1, 0.15) is 5.56 Å². The second-order valence-electron chi connectivity index (χ2n) is 7.40. The molecular weight excluding hydrogens is 382 g/mol. The highest BCUT2D eigenvalue weighted by atomic mass is 16.5. The molecule has 1 heterocycles. The zero-order valence-electron chi connectivity index (χ0n) is 18.3. The molecule has 2 aromatic rings. The Morgan fingerprint density at radius 1 is 0.900 bits per heavy atom. The molecule has 0 unspecified atom stereocenters. The van der Waals surface area contributed by atoms with Crippen molar-refractivity contribution < 1.29 is 19.0 Å². The minimum atomic E-state index is 0.114. The lowest BCUT2D eigenvalue weighted by atomic mass is 10.2. The van der Waals surface area contributed by atoms with Crippen LogP contribution in [0.4, 0.5) is 5.69 Å². The number of hydrogen-bond acceptors (Lipinski definition) is 6. The van der Waals surface area contributed by atoms with E-state index >= 15 is 0 Å². The molecule has 0 spiro atoms. The number of hydrogen-bond donors (Lipinski definition) is 0. The Morgan fingerprint density at radius 2 is 1.57 bits per heavy atom. The average molecular weight is 414 g/mol. The standard InChI is InChI=1S/C23H31N3O4/c1-24(16-18-5-10-21(29-3)22(15-18)30-4)23(27)17-25-11-13-26(14-12-25)19-6-8-20(28-2)9-7-19/h5-10,15H,11-14,16-17H2,1-4H3. The van der Waals surface area contributed by atoms with E-state index in [1.807, 2.05) is 37.4 Å². The van der Waals surface area contributed by atoms with E-state index in [4.69, 9.17) is 14.2 Å². The number of likely N-dealkylation sites (N-methyl/N-ethyl adjacent to an activating group) is 1. The number of ether oxygens (including phenoxy) is 3. The first kappa shape index (κ1) is 21.8. The molecule has 7 nitrogen and oxygen atoms in total. The molecule has 0 aliphatic carbocycles. The SMILES string of the molecule is COc1ccc(N2CCN(CC(=O)N(C)Cc3ccc(OC)c(OC)c3)CC2)cc1. The minimum absolute atomic E-state index is 0.114. The summed E-state index contributed by atoms with van der Waals surface area (Å²) < 4.78 is 15.9. The van der Waals surface area contributed by atoms with Gasteiger partial charge in [0.05, 0.1) is 27.9 Å². The maximum absolute atomic E-state index is 12.7. The summed E-state index contributed by atoms with van der Waals surface area (Å²) in [5.41, 5.74) is 2.19. The van der Waals surface area contributed by atoms with E-state index in [0.29, 0.717) is 24.6 Å². The number of piperazine rings is 1. The van der Waals surface area contributed by atoms with E-state index in [1.165, 1.54) is 5.69 Å². The smallest absolute Gasteiger partial charge is 0.236 e. The van der Waals surface area contributed by atoms with E-state index in [0.717, 1.165) is 37.5 Å². The number of methoxy groups -OCH3 is 3. The highest BCUT2D eigenvalue weighted by Gasteiger charge is 2.21. The molecule has 1 fully saturated rings. The number of carbonyl (C=O) groups excluding carboxylic acids is 1. The predicted molar refractivity (Wildman–Crippen MR) is 118 cm³/mol. The average Bonchev–Trinajstić information content (AvgIpc) is 2.79. The first-order chi connectivity index (χ1) is 14.5. The van der Waals surface area contributed by atoms with Crippen molar-refractivity contribution in [2.45, 2.75) is 6.54 Å². The molecule has 3 rings (SSSR count). The second-order valence-corrected chi connectivity index (χ2v) is 7.40. The molecule has 30 heavy (non-hydrogen) atoms. The molecule has 1 aliphatic rings. The van der Waals surface area contributed by atoms with Gasteiger partial charge in [-0.1, -0.05) is 6.07 Å². The Balaban J connectivity index is 1.49. The maximum atomic E-state index is 12.7. The van der Waals surface area contributed by atoms with Crippen LogP contribution in [0.5, 0.6) is 17.2 Å². The van der Waals surface area contributed by atoms with Gasteiger partial charge in [0.1, 0.15) is 5.75 Å². The van der Waals surface area contributed by atoms with Crippen molar-refractivity contribution in [3.8, 4) is 17.2 Å². The number of benzene rings is 2. The zero-order chi connectivity index (χ0) is 21.5. The van der Waals surface area contributed by atoms with Gasteiger partial charge in [-0.3, -0.25) is 9.69 Å². The van der Waals surface area contributed by atoms with Crippen LogP contribution < -0.4 is 19.1 Å². The lowest BCUT2D eigenvalue weighted by molar-refractivity contribution is -0.131. The van der Waals surface area contributed by atoms with Gasteiger partial charge >= 0.3 is 0 Å². The maximum Gasteiger partial charge on any atom is 0.236 e. The third kappa shape index (κ3) is 5.36. The van der Waals surface area contributed by atoms with Gasteiger partial charge in [0.2, 0.25) is 5.91 Å². The summed E-state index contributed by atoms with van der Waals surface area (Å²) in [6.45, 7) is 4.49. The summed E-state index contributed by atoms with van der Waals surface area (Å²) in [7, 11) is 6.74. The quantitative estimate of drug-likeness (QED) is 0.663. The third-order valence-electron chi connectivity index (χ3n) is 5.46. The highest BCUT2D eigenvalue weighted by Crippen LogP contribution is 2.28. The summed E-state index contributed by atoms with van der Waals surface area (Å²) >= 11 is 0. The van der Waals surface area contributed by atoms with Crippen molar-refractivity contribution in [1.82, 2.24) is 9.80 Å². The predicted octanol–water partition coefficient (Wildman–Crippen LogP) is 2.49. The molecule has 0 atom stereocenters. The first-order valence-corrected chi connectivity index (χ1v) is 10.1. The molecule has 162 valence electrons. The highest BCUT2D eigenvalue weighted by molar-refractivity contribution is 5.78. The van der Waals surface area contributed by atoms with Crippen LogP contribution in [0.15, 0.2) is 42.5 Å². The molecule has 7 heteroatoms. The number of anilines is 1. The number of amides is 1. The molecule has 0 aromatic heterocycles. The summed E-state index contributed by atoms with van der Waals surface area (Å²) in [6, 6.07) is 13.9. The zero-order valence-corrected chi connectivity index (χ0v) is 18.3. The van der Waals surface area contributed by atoms with E-state index in [-0.39, 0.29) is 5.91 Å². The fourth-order valence-corrected chi connectivity index (χ4v) is 3.61. The third-order valence-corrected chi connectivity index (χ3v) is 5.46. The molecule has 1 saturated heterocycles. The van der Waals surface area contributed by atoms with Crippen LogP contribution in [0.2, 0.25) is 0 Å². The van der Waals surface area contributed by atoms with Crippen molar-refractivity contribution >= 4 is 11.6 Å². The number of nitrogens with zero attached hydrogens (tertiary/aromatic N) is 3. The van der Waals surface area contributed by atoms with Crippen molar-refractivity contribution in [1.29, 1.82) is 0 Å².